The molecule has 4 rings (SSSR count). The van der Waals surface area contributed by atoms with Gasteiger partial charge in [0.05, 0.1) is 5.56 Å². The Kier molecular flexibility index (Phi) is 4.49. The van der Waals surface area contributed by atoms with E-state index in [0.29, 0.717) is 11.3 Å². The van der Waals surface area contributed by atoms with Gasteiger partial charge in [-0.15, -0.1) is 5.10 Å². The third-order valence-electron chi connectivity index (χ3n) is 4.32. The van der Waals surface area contributed by atoms with Crippen LogP contribution in [0.25, 0.3) is 16.9 Å². The first-order valence-corrected chi connectivity index (χ1v) is 8.86. The van der Waals surface area contributed by atoms with Crippen molar-refractivity contribution in [1.82, 2.24) is 24.5 Å². The van der Waals surface area contributed by atoms with Gasteiger partial charge in [0.25, 0.3) is 11.7 Å². The molecule has 0 radical (unpaired) electrons. The van der Waals surface area contributed by atoms with Gasteiger partial charge < -0.3 is 10.0 Å². The Morgan fingerprint density at radius 1 is 1.00 bits per heavy atom. The molecule has 0 aliphatic heterocycles. The number of hydrogen-bond acceptors (Lipinski definition) is 5. The van der Waals surface area contributed by atoms with Gasteiger partial charge in [0.1, 0.15) is 5.84 Å². The maximum absolute atomic E-state index is 10.4. The van der Waals surface area contributed by atoms with E-state index >= 15 is 0 Å². The Balaban J connectivity index is 1.78. The van der Waals surface area contributed by atoms with Gasteiger partial charge >= 0.3 is 0 Å². The largest absolute Gasteiger partial charge is 0.493 e. The van der Waals surface area contributed by atoms with Gasteiger partial charge in [0.2, 0.25) is 5.88 Å². The Hall–Kier alpha value is -3.74. The second-order valence-corrected chi connectivity index (χ2v) is 6.70. The molecule has 1 N–H and O–H groups in total. The molecule has 7 nitrogen and oxygen atoms in total. The molecule has 7 heteroatoms. The smallest absolute Gasteiger partial charge is 0.272 e. The third kappa shape index (κ3) is 3.42. The second kappa shape index (κ2) is 7.11. The summed E-state index contributed by atoms with van der Waals surface area (Å²) >= 11 is 0. The van der Waals surface area contributed by atoms with E-state index < -0.39 is 0 Å². The molecule has 2 aromatic carbocycles. The Bertz CT molecular complexity index is 1150. The van der Waals surface area contributed by atoms with Crippen molar-refractivity contribution >= 4 is 17.6 Å². The minimum atomic E-state index is -0.0878. The molecular weight excluding hydrogens is 352 g/mol. The molecule has 0 fully saturated rings. The summed E-state index contributed by atoms with van der Waals surface area (Å²) in [5.41, 5.74) is 3.55. The molecule has 0 aliphatic carbocycles. The summed E-state index contributed by atoms with van der Waals surface area (Å²) in [6.07, 6.45) is 1.71. The fourth-order valence-electron chi connectivity index (χ4n) is 2.89. The zero-order valence-electron chi connectivity index (χ0n) is 15.9. The van der Waals surface area contributed by atoms with Crippen LogP contribution in [0.4, 0.5) is 5.95 Å². The minimum absolute atomic E-state index is 0.0878. The minimum Gasteiger partial charge on any atom is -0.493 e. The lowest BCUT2D eigenvalue weighted by Crippen LogP contribution is -2.22. The van der Waals surface area contributed by atoms with Crippen LogP contribution in [0, 0.1) is 6.92 Å². The van der Waals surface area contributed by atoms with Crippen molar-refractivity contribution in [2.75, 3.05) is 14.1 Å². The van der Waals surface area contributed by atoms with Gasteiger partial charge in [0.15, 0.2) is 0 Å². The monoisotopic (exact) mass is 372 g/mol. The zero-order valence-corrected chi connectivity index (χ0v) is 15.9. The first-order valence-electron chi connectivity index (χ1n) is 8.86. The van der Waals surface area contributed by atoms with Crippen molar-refractivity contribution in [2.24, 2.45) is 4.99 Å². The lowest BCUT2D eigenvalue weighted by Gasteiger charge is -2.14. The average Bonchev–Trinajstić information content (AvgIpc) is 3.08. The molecular formula is C21H20N6O. The fourth-order valence-corrected chi connectivity index (χ4v) is 2.89. The highest BCUT2D eigenvalue weighted by atomic mass is 16.3. The molecule has 0 saturated heterocycles. The number of rotatable bonds is 3. The quantitative estimate of drug-likeness (QED) is 0.440. The van der Waals surface area contributed by atoms with Crippen LogP contribution < -0.4 is 0 Å². The highest BCUT2D eigenvalue weighted by Gasteiger charge is 2.13. The van der Waals surface area contributed by atoms with Crippen LogP contribution in [-0.4, -0.2) is 49.5 Å². The van der Waals surface area contributed by atoms with Crippen LogP contribution in [0.5, 0.6) is 5.88 Å². The average molecular weight is 372 g/mol. The number of aromatic hydroxyl groups is 1. The molecule has 0 aliphatic rings. The first kappa shape index (κ1) is 17.7. The first-order chi connectivity index (χ1) is 13.5. The summed E-state index contributed by atoms with van der Waals surface area (Å²) in [6, 6.07) is 17.7. The van der Waals surface area contributed by atoms with Gasteiger partial charge in [-0.25, -0.2) is 4.52 Å². The van der Waals surface area contributed by atoms with Gasteiger partial charge in [-0.1, -0.05) is 60.2 Å². The van der Waals surface area contributed by atoms with Crippen LogP contribution in [0.3, 0.4) is 0 Å². The van der Waals surface area contributed by atoms with Crippen molar-refractivity contribution in [3.8, 4) is 17.0 Å². The van der Waals surface area contributed by atoms with E-state index in [1.54, 1.807) is 6.20 Å². The van der Waals surface area contributed by atoms with E-state index in [2.05, 4.69) is 20.1 Å². The van der Waals surface area contributed by atoms with Crippen molar-refractivity contribution in [2.45, 2.75) is 6.92 Å². The maximum Gasteiger partial charge on any atom is 0.272 e. The lowest BCUT2D eigenvalue weighted by molar-refractivity contribution is 0.455. The maximum atomic E-state index is 10.4. The van der Waals surface area contributed by atoms with E-state index in [9.17, 15) is 5.11 Å². The van der Waals surface area contributed by atoms with Crippen molar-refractivity contribution in [3.05, 3.63) is 71.9 Å². The van der Waals surface area contributed by atoms with Gasteiger partial charge in [0, 0.05) is 25.9 Å². The molecule has 0 amide bonds. The molecule has 0 spiro atoms. The number of aryl methyl sites for hydroxylation is 1. The summed E-state index contributed by atoms with van der Waals surface area (Å²) in [6.45, 7) is 2.02. The van der Waals surface area contributed by atoms with Crippen LogP contribution >= 0.6 is 0 Å². The number of hydrogen-bond donors (Lipinski definition) is 1. The van der Waals surface area contributed by atoms with Gasteiger partial charge in [-0.05, 0) is 12.5 Å². The van der Waals surface area contributed by atoms with Crippen LogP contribution in [0.2, 0.25) is 0 Å². The third-order valence-corrected chi connectivity index (χ3v) is 4.32. The molecule has 4 aromatic rings. The van der Waals surface area contributed by atoms with Gasteiger partial charge in [-0.3, -0.25) is 0 Å². The summed E-state index contributed by atoms with van der Waals surface area (Å²) in [5.74, 6) is 1.22. The van der Waals surface area contributed by atoms with E-state index in [1.807, 2.05) is 80.5 Å². The van der Waals surface area contributed by atoms with Crippen LogP contribution in [-0.2, 0) is 0 Å². The SMILES string of the molecule is Cc1ccc(-c2cn3nc(/N=C(/c4ccccc4)N(C)C)nc3nc2O)cc1. The van der Waals surface area contributed by atoms with Gasteiger partial charge in [-0.2, -0.15) is 15.0 Å². The number of benzene rings is 2. The normalized spacial score (nSPS) is 11.8. The van der Waals surface area contributed by atoms with Crippen molar-refractivity contribution in [3.63, 3.8) is 0 Å². The highest BCUT2D eigenvalue weighted by molar-refractivity contribution is 5.99. The topological polar surface area (TPSA) is 78.9 Å². The van der Waals surface area contributed by atoms with Crippen LogP contribution in [0.1, 0.15) is 11.1 Å². The molecule has 2 heterocycles. The summed E-state index contributed by atoms with van der Waals surface area (Å²) in [7, 11) is 3.84. The number of amidine groups is 1. The molecule has 0 unspecified atom stereocenters. The predicted molar refractivity (Wildman–Crippen MR) is 109 cm³/mol. The highest BCUT2D eigenvalue weighted by Crippen LogP contribution is 2.28. The van der Waals surface area contributed by atoms with Crippen LogP contribution in [0.15, 0.2) is 65.8 Å². The molecule has 28 heavy (non-hydrogen) atoms. The summed E-state index contributed by atoms with van der Waals surface area (Å²) in [5, 5.41) is 14.8. The molecule has 2 aromatic heterocycles. The summed E-state index contributed by atoms with van der Waals surface area (Å²) < 4.78 is 1.53. The Morgan fingerprint density at radius 2 is 1.71 bits per heavy atom. The lowest BCUT2D eigenvalue weighted by atomic mass is 10.1. The Morgan fingerprint density at radius 3 is 2.39 bits per heavy atom. The zero-order chi connectivity index (χ0) is 19.7. The standard InChI is InChI=1S/C21H20N6O/c1-14-9-11-15(12-10-14)17-13-27-21(23-19(17)28)24-20(25-27)22-18(26(2)3)16-7-5-4-6-8-16/h4-13H,1-3H3,(H,23,24,25,28)/b22-18-. The van der Waals surface area contributed by atoms with E-state index in [-0.39, 0.29) is 11.8 Å². The number of aliphatic imine (C=N–C) groups is 1. The Labute approximate surface area is 162 Å². The number of nitrogens with zero attached hydrogens (tertiary/aromatic N) is 6. The van der Waals surface area contributed by atoms with Crippen molar-refractivity contribution < 1.29 is 5.11 Å². The molecule has 0 saturated carbocycles. The number of fused-ring (bicyclic) bond motifs is 1. The molecule has 0 atom stereocenters. The predicted octanol–water partition coefficient (Wildman–Crippen LogP) is 3.45. The van der Waals surface area contributed by atoms with E-state index in [0.717, 1.165) is 22.5 Å². The molecule has 140 valence electrons. The molecule has 0 bridgehead atoms. The number of aromatic nitrogens is 4. The summed E-state index contributed by atoms with van der Waals surface area (Å²) in [4.78, 5) is 15.0. The fraction of sp³-hybridized carbons (Fsp3) is 0.143. The van der Waals surface area contributed by atoms with E-state index in [1.165, 1.54) is 4.52 Å². The van der Waals surface area contributed by atoms with Crippen molar-refractivity contribution in [1.29, 1.82) is 0 Å². The van der Waals surface area contributed by atoms with E-state index in [4.69, 9.17) is 0 Å². The second-order valence-electron chi connectivity index (χ2n) is 6.70.